The number of rotatable bonds is 3. The summed E-state index contributed by atoms with van der Waals surface area (Å²) in [7, 11) is 1.67. The Kier molecular flexibility index (Phi) is 4.99. The molecule has 0 spiro atoms. The standard InChI is InChI=1S/C15H13Cl3N2O/c1-20(8-9-3-2-4-13(17)14(9)18)15(21)11-7-10(19)5-6-12(11)16/h2-7H,8,19H2,1H3. The molecule has 0 aliphatic carbocycles. The van der Waals surface area contributed by atoms with Crippen LogP contribution in [0.5, 0.6) is 0 Å². The lowest BCUT2D eigenvalue weighted by Crippen LogP contribution is -2.26. The van der Waals surface area contributed by atoms with Gasteiger partial charge in [0.1, 0.15) is 0 Å². The van der Waals surface area contributed by atoms with E-state index >= 15 is 0 Å². The molecule has 0 aliphatic heterocycles. The van der Waals surface area contributed by atoms with E-state index in [1.807, 2.05) is 6.07 Å². The molecule has 0 unspecified atom stereocenters. The highest BCUT2D eigenvalue weighted by Crippen LogP contribution is 2.27. The predicted octanol–water partition coefficient (Wildman–Crippen LogP) is 4.50. The second-order valence-electron chi connectivity index (χ2n) is 4.61. The minimum absolute atomic E-state index is 0.233. The second kappa shape index (κ2) is 6.56. The molecule has 3 nitrogen and oxygen atoms in total. The number of benzene rings is 2. The Morgan fingerprint density at radius 1 is 1.14 bits per heavy atom. The fourth-order valence-electron chi connectivity index (χ4n) is 1.91. The lowest BCUT2D eigenvalue weighted by molar-refractivity contribution is 0.0785. The molecule has 2 aromatic rings. The number of anilines is 1. The van der Waals surface area contributed by atoms with Gasteiger partial charge in [0, 0.05) is 19.3 Å². The Morgan fingerprint density at radius 2 is 1.86 bits per heavy atom. The van der Waals surface area contributed by atoms with Crippen molar-refractivity contribution in [3.8, 4) is 0 Å². The molecule has 0 aromatic heterocycles. The molecule has 21 heavy (non-hydrogen) atoms. The maximum absolute atomic E-state index is 12.4. The first kappa shape index (κ1) is 16.0. The van der Waals surface area contributed by atoms with Crippen LogP contribution in [-0.4, -0.2) is 17.9 Å². The number of amides is 1. The zero-order valence-corrected chi connectivity index (χ0v) is 13.5. The van der Waals surface area contributed by atoms with Crippen LogP contribution < -0.4 is 5.73 Å². The predicted molar refractivity (Wildman–Crippen MR) is 88.1 cm³/mol. The summed E-state index contributed by atoms with van der Waals surface area (Å²) in [6.07, 6.45) is 0. The third-order valence-electron chi connectivity index (χ3n) is 3.01. The van der Waals surface area contributed by atoms with E-state index < -0.39 is 0 Å². The van der Waals surface area contributed by atoms with Crippen LogP contribution in [0.3, 0.4) is 0 Å². The average molecular weight is 344 g/mol. The highest BCUT2D eigenvalue weighted by Gasteiger charge is 2.17. The zero-order valence-electron chi connectivity index (χ0n) is 11.2. The van der Waals surface area contributed by atoms with Crippen molar-refractivity contribution in [3.63, 3.8) is 0 Å². The van der Waals surface area contributed by atoms with Crippen molar-refractivity contribution in [2.45, 2.75) is 6.54 Å². The van der Waals surface area contributed by atoms with Gasteiger partial charge in [0.05, 0.1) is 20.6 Å². The molecule has 0 atom stereocenters. The van der Waals surface area contributed by atoms with E-state index in [1.54, 1.807) is 37.4 Å². The quantitative estimate of drug-likeness (QED) is 0.834. The molecule has 110 valence electrons. The average Bonchev–Trinajstić information content (AvgIpc) is 2.45. The van der Waals surface area contributed by atoms with Gasteiger partial charge < -0.3 is 10.6 Å². The monoisotopic (exact) mass is 342 g/mol. The molecule has 0 radical (unpaired) electrons. The number of nitrogens with zero attached hydrogens (tertiary/aromatic N) is 1. The van der Waals surface area contributed by atoms with Crippen LogP contribution in [0.2, 0.25) is 15.1 Å². The van der Waals surface area contributed by atoms with E-state index in [-0.39, 0.29) is 5.91 Å². The van der Waals surface area contributed by atoms with Crippen LogP contribution in [0.4, 0.5) is 5.69 Å². The summed E-state index contributed by atoms with van der Waals surface area (Å²) in [6.45, 7) is 0.323. The van der Waals surface area contributed by atoms with E-state index in [2.05, 4.69) is 0 Å². The van der Waals surface area contributed by atoms with Gasteiger partial charge in [-0.2, -0.15) is 0 Å². The molecule has 0 aliphatic rings. The summed E-state index contributed by atoms with van der Waals surface area (Å²) in [5, 5.41) is 1.26. The smallest absolute Gasteiger partial charge is 0.255 e. The third-order valence-corrected chi connectivity index (χ3v) is 4.19. The highest BCUT2D eigenvalue weighted by atomic mass is 35.5. The molecule has 0 fully saturated rings. The fourth-order valence-corrected chi connectivity index (χ4v) is 2.49. The maximum atomic E-state index is 12.4. The number of carbonyl (C=O) groups is 1. The Hall–Kier alpha value is -1.42. The van der Waals surface area contributed by atoms with Crippen LogP contribution in [0.25, 0.3) is 0 Å². The van der Waals surface area contributed by atoms with Crippen molar-refractivity contribution in [2.24, 2.45) is 0 Å². The van der Waals surface area contributed by atoms with E-state index in [0.29, 0.717) is 32.9 Å². The van der Waals surface area contributed by atoms with E-state index in [1.165, 1.54) is 4.90 Å². The summed E-state index contributed by atoms with van der Waals surface area (Å²) in [5.41, 5.74) is 7.30. The molecule has 0 saturated heterocycles. The number of hydrogen-bond acceptors (Lipinski definition) is 2. The van der Waals surface area contributed by atoms with Crippen LogP contribution in [-0.2, 0) is 6.54 Å². The van der Waals surface area contributed by atoms with Crippen molar-refractivity contribution in [1.29, 1.82) is 0 Å². The Bertz CT molecular complexity index is 689. The molecular formula is C15H13Cl3N2O. The number of hydrogen-bond donors (Lipinski definition) is 1. The lowest BCUT2D eigenvalue weighted by atomic mass is 10.1. The fraction of sp³-hybridized carbons (Fsp3) is 0.133. The molecule has 0 saturated carbocycles. The van der Waals surface area contributed by atoms with Gasteiger partial charge in [-0.1, -0.05) is 46.9 Å². The van der Waals surface area contributed by atoms with E-state index in [9.17, 15) is 4.79 Å². The zero-order chi connectivity index (χ0) is 15.6. The maximum Gasteiger partial charge on any atom is 0.255 e. The molecule has 0 bridgehead atoms. The van der Waals surface area contributed by atoms with Crippen molar-refractivity contribution in [2.75, 3.05) is 12.8 Å². The topological polar surface area (TPSA) is 46.3 Å². The van der Waals surface area contributed by atoms with Crippen LogP contribution in [0, 0.1) is 0 Å². The van der Waals surface area contributed by atoms with Gasteiger partial charge in [-0.25, -0.2) is 0 Å². The largest absolute Gasteiger partial charge is 0.399 e. The Morgan fingerprint density at radius 3 is 2.57 bits per heavy atom. The number of carbonyl (C=O) groups excluding carboxylic acids is 1. The molecule has 2 aromatic carbocycles. The minimum atomic E-state index is -0.233. The Balaban J connectivity index is 2.24. The van der Waals surface area contributed by atoms with Crippen molar-refractivity contribution >= 4 is 46.4 Å². The van der Waals surface area contributed by atoms with E-state index in [4.69, 9.17) is 40.5 Å². The van der Waals surface area contributed by atoms with Crippen LogP contribution in [0.15, 0.2) is 36.4 Å². The minimum Gasteiger partial charge on any atom is -0.399 e. The number of nitrogens with two attached hydrogens (primary N) is 1. The summed E-state index contributed by atoms with van der Waals surface area (Å²) in [6, 6.07) is 10.1. The van der Waals surface area contributed by atoms with Gasteiger partial charge in [-0.3, -0.25) is 4.79 Å². The highest BCUT2D eigenvalue weighted by molar-refractivity contribution is 6.42. The first-order valence-electron chi connectivity index (χ1n) is 6.13. The van der Waals surface area contributed by atoms with Gasteiger partial charge in [0.15, 0.2) is 0 Å². The van der Waals surface area contributed by atoms with Gasteiger partial charge in [-0.15, -0.1) is 0 Å². The first-order valence-corrected chi connectivity index (χ1v) is 7.27. The summed E-state index contributed by atoms with van der Waals surface area (Å²) in [4.78, 5) is 13.9. The van der Waals surface area contributed by atoms with Crippen molar-refractivity contribution in [1.82, 2.24) is 4.90 Å². The molecule has 2 rings (SSSR count). The van der Waals surface area contributed by atoms with Crippen molar-refractivity contribution < 1.29 is 4.79 Å². The SMILES string of the molecule is CN(Cc1cccc(Cl)c1Cl)C(=O)c1cc(N)ccc1Cl. The first-order chi connectivity index (χ1) is 9.90. The normalized spacial score (nSPS) is 10.5. The second-order valence-corrected chi connectivity index (χ2v) is 5.81. The summed E-state index contributed by atoms with van der Waals surface area (Å²) in [5.74, 6) is -0.233. The molecule has 0 heterocycles. The molecule has 2 N–H and O–H groups in total. The van der Waals surface area contributed by atoms with Gasteiger partial charge >= 0.3 is 0 Å². The number of halogens is 3. The number of nitrogen functional groups attached to an aromatic ring is 1. The van der Waals surface area contributed by atoms with Gasteiger partial charge in [0.2, 0.25) is 0 Å². The lowest BCUT2D eigenvalue weighted by Gasteiger charge is -2.19. The van der Waals surface area contributed by atoms with Crippen LogP contribution in [0.1, 0.15) is 15.9 Å². The summed E-state index contributed by atoms with van der Waals surface area (Å²) < 4.78 is 0. The van der Waals surface area contributed by atoms with Crippen molar-refractivity contribution in [3.05, 3.63) is 62.6 Å². The van der Waals surface area contributed by atoms with Gasteiger partial charge in [0.25, 0.3) is 5.91 Å². The molecular weight excluding hydrogens is 331 g/mol. The van der Waals surface area contributed by atoms with E-state index in [0.717, 1.165) is 5.56 Å². The Labute approximate surface area is 138 Å². The molecule has 1 amide bonds. The molecule has 6 heteroatoms. The van der Waals surface area contributed by atoms with Gasteiger partial charge in [-0.05, 0) is 29.8 Å². The third kappa shape index (κ3) is 3.62. The summed E-state index contributed by atoms with van der Waals surface area (Å²) >= 11 is 18.1. The van der Waals surface area contributed by atoms with Crippen LogP contribution >= 0.6 is 34.8 Å².